The first-order valence-electron chi connectivity index (χ1n) is 5.43. The molecule has 0 fully saturated rings. The first-order valence-corrected chi connectivity index (χ1v) is 5.43. The summed E-state index contributed by atoms with van der Waals surface area (Å²) in [5, 5.41) is 0. The van der Waals surface area contributed by atoms with E-state index < -0.39 is 6.61 Å². The van der Waals surface area contributed by atoms with E-state index in [2.05, 4.69) is 4.74 Å². The lowest BCUT2D eigenvalue weighted by molar-refractivity contribution is -0.112. The third-order valence-electron chi connectivity index (χ3n) is 1.99. The summed E-state index contributed by atoms with van der Waals surface area (Å²) in [6, 6.07) is 4.50. The molecule has 0 bridgehead atoms. The average Bonchev–Trinajstić information content (AvgIpc) is 2.29. The zero-order valence-corrected chi connectivity index (χ0v) is 10.2. The molecular weight excluding hydrogens is 242 g/mol. The number of ether oxygens (including phenoxy) is 2. The van der Waals surface area contributed by atoms with E-state index in [0.717, 1.165) is 0 Å². The Labute approximate surface area is 104 Å². The van der Waals surface area contributed by atoms with Crippen molar-refractivity contribution < 1.29 is 23.0 Å². The smallest absolute Gasteiger partial charge is 0.387 e. The number of carbonyl (C=O) groups excluding carboxylic acids is 1. The highest BCUT2D eigenvalue weighted by atomic mass is 19.3. The second-order valence-electron chi connectivity index (χ2n) is 3.46. The zero-order valence-electron chi connectivity index (χ0n) is 10.2. The van der Waals surface area contributed by atoms with Gasteiger partial charge in [-0.25, -0.2) is 0 Å². The minimum atomic E-state index is -2.90. The van der Waals surface area contributed by atoms with Crippen molar-refractivity contribution in [2.45, 2.75) is 20.5 Å². The van der Waals surface area contributed by atoms with Crippen molar-refractivity contribution in [3.63, 3.8) is 0 Å². The fourth-order valence-electron chi connectivity index (χ4n) is 1.30. The molecule has 0 aliphatic heterocycles. The molecule has 5 heteroatoms. The summed E-state index contributed by atoms with van der Waals surface area (Å²) in [4.78, 5) is 10.8. The molecule has 0 unspecified atom stereocenters. The largest absolute Gasteiger partial charge is 0.490 e. The monoisotopic (exact) mass is 256 g/mol. The second-order valence-corrected chi connectivity index (χ2v) is 3.46. The average molecular weight is 256 g/mol. The third kappa shape index (κ3) is 4.53. The van der Waals surface area contributed by atoms with E-state index in [1.54, 1.807) is 25.1 Å². The molecule has 98 valence electrons. The first-order chi connectivity index (χ1) is 8.52. The molecule has 0 aliphatic carbocycles. The third-order valence-corrected chi connectivity index (χ3v) is 1.99. The van der Waals surface area contributed by atoms with Crippen LogP contribution in [0.4, 0.5) is 8.78 Å². The predicted octanol–water partition coefficient (Wildman–Crippen LogP) is 3.29. The molecule has 0 amide bonds. The molecule has 0 aliphatic rings. The van der Waals surface area contributed by atoms with E-state index in [1.807, 2.05) is 0 Å². The number of carbonyl (C=O) groups is 1. The highest BCUT2D eigenvalue weighted by molar-refractivity contribution is 5.91. The number of ketones is 1. The van der Waals surface area contributed by atoms with E-state index in [0.29, 0.717) is 12.2 Å². The number of allylic oxidation sites excluding steroid dienone is 1. The van der Waals surface area contributed by atoms with Gasteiger partial charge in [0.15, 0.2) is 17.3 Å². The molecule has 1 aromatic rings. The van der Waals surface area contributed by atoms with Crippen LogP contribution < -0.4 is 9.47 Å². The molecule has 0 aromatic heterocycles. The Hall–Kier alpha value is -1.91. The Bertz CT molecular complexity index is 442. The summed E-state index contributed by atoms with van der Waals surface area (Å²) in [7, 11) is 0. The van der Waals surface area contributed by atoms with Crippen molar-refractivity contribution in [2.75, 3.05) is 6.61 Å². The normalized spacial score (nSPS) is 10.9. The maximum Gasteiger partial charge on any atom is 0.387 e. The highest BCUT2D eigenvalue weighted by Gasteiger charge is 2.10. The lowest BCUT2D eigenvalue weighted by atomic mass is 10.1. The molecule has 0 atom stereocenters. The second kappa shape index (κ2) is 6.74. The summed E-state index contributed by atoms with van der Waals surface area (Å²) in [5.74, 6) is 0.108. The maximum atomic E-state index is 12.2. The van der Waals surface area contributed by atoms with Gasteiger partial charge in [-0.2, -0.15) is 8.78 Å². The number of alkyl halides is 2. The van der Waals surface area contributed by atoms with Gasteiger partial charge in [0.05, 0.1) is 6.61 Å². The van der Waals surface area contributed by atoms with Crippen LogP contribution in [0.5, 0.6) is 11.5 Å². The molecule has 0 saturated carbocycles. The first kappa shape index (κ1) is 14.2. The van der Waals surface area contributed by atoms with Crippen molar-refractivity contribution in [3.05, 3.63) is 29.8 Å². The van der Waals surface area contributed by atoms with Crippen molar-refractivity contribution in [1.29, 1.82) is 0 Å². The van der Waals surface area contributed by atoms with Gasteiger partial charge in [-0.05, 0) is 37.6 Å². The van der Waals surface area contributed by atoms with Gasteiger partial charge in [0.25, 0.3) is 0 Å². The van der Waals surface area contributed by atoms with Gasteiger partial charge in [0.1, 0.15) is 0 Å². The van der Waals surface area contributed by atoms with Gasteiger partial charge in [-0.1, -0.05) is 12.1 Å². The summed E-state index contributed by atoms with van der Waals surface area (Å²) < 4.78 is 33.9. The minimum absolute atomic E-state index is 0.0215. The quantitative estimate of drug-likeness (QED) is 0.733. The van der Waals surface area contributed by atoms with Crippen LogP contribution in [0.2, 0.25) is 0 Å². The lowest BCUT2D eigenvalue weighted by Crippen LogP contribution is -2.04. The van der Waals surface area contributed by atoms with Crippen molar-refractivity contribution >= 4 is 11.9 Å². The van der Waals surface area contributed by atoms with Crippen LogP contribution in [0, 0.1) is 0 Å². The van der Waals surface area contributed by atoms with E-state index in [9.17, 15) is 13.6 Å². The topological polar surface area (TPSA) is 35.5 Å². The molecular formula is C13H14F2O3. The van der Waals surface area contributed by atoms with Crippen LogP contribution in [0.15, 0.2) is 24.3 Å². The SMILES string of the molecule is CCOc1cc(C=CC(C)=O)ccc1OC(F)F. The van der Waals surface area contributed by atoms with Crippen LogP contribution in [0.1, 0.15) is 19.4 Å². The van der Waals surface area contributed by atoms with Gasteiger partial charge in [-0.3, -0.25) is 4.79 Å². The van der Waals surface area contributed by atoms with Gasteiger partial charge >= 0.3 is 6.61 Å². The molecule has 0 N–H and O–H groups in total. The number of rotatable bonds is 6. The summed E-state index contributed by atoms with van der Waals surface area (Å²) in [6.45, 7) is 0.598. The zero-order chi connectivity index (χ0) is 13.5. The van der Waals surface area contributed by atoms with Crippen LogP contribution in [-0.2, 0) is 4.79 Å². The summed E-state index contributed by atoms with van der Waals surface area (Å²) in [5.41, 5.74) is 0.676. The van der Waals surface area contributed by atoms with Crippen molar-refractivity contribution in [2.24, 2.45) is 0 Å². The fourth-order valence-corrected chi connectivity index (χ4v) is 1.30. The van der Waals surface area contributed by atoms with E-state index in [-0.39, 0.29) is 17.3 Å². The molecule has 0 saturated heterocycles. The minimum Gasteiger partial charge on any atom is -0.490 e. The summed E-state index contributed by atoms with van der Waals surface area (Å²) >= 11 is 0. The van der Waals surface area contributed by atoms with Crippen LogP contribution in [-0.4, -0.2) is 19.0 Å². The number of hydrogen-bond donors (Lipinski definition) is 0. The molecule has 1 rings (SSSR count). The summed E-state index contributed by atoms with van der Waals surface area (Å²) in [6.07, 6.45) is 2.97. The number of halogens is 2. The Balaban J connectivity index is 2.98. The highest BCUT2D eigenvalue weighted by Crippen LogP contribution is 2.30. The van der Waals surface area contributed by atoms with Gasteiger partial charge in [0.2, 0.25) is 0 Å². The van der Waals surface area contributed by atoms with E-state index in [1.165, 1.54) is 19.1 Å². The van der Waals surface area contributed by atoms with Crippen molar-refractivity contribution in [3.8, 4) is 11.5 Å². The molecule has 3 nitrogen and oxygen atoms in total. The van der Waals surface area contributed by atoms with Gasteiger partial charge < -0.3 is 9.47 Å². The van der Waals surface area contributed by atoms with Crippen LogP contribution in [0.3, 0.4) is 0 Å². The molecule has 0 radical (unpaired) electrons. The number of benzene rings is 1. The number of hydrogen-bond acceptors (Lipinski definition) is 3. The standard InChI is InChI=1S/C13H14F2O3/c1-3-17-12-8-10(5-4-9(2)16)6-7-11(12)18-13(14)15/h4-8,13H,3H2,1-2H3. The van der Waals surface area contributed by atoms with E-state index in [4.69, 9.17) is 4.74 Å². The fraction of sp³-hybridized carbons (Fsp3) is 0.308. The Morgan fingerprint density at radius 2 is 2.11 bits per heavy atom. The van der Waals surface area contributed by atoms with Crippen LogP contribution >= 0.6 is 0 Å². The maximum absolute atomic E-state index is 12.2. The Morgan fingerprint density at radius 3 is 2.67 bits per heavy atom. The van der Waals surface area contributed by atoms with E-state index >= 15 is 0 Å². The Kier molecular flexibility index (Phi) is 5.30. The molecule has 18 heavy (non-hydrogen) atoms. The van der Waals surface area contributed by atoms with Crippen molar-refractivity contribution in [1.82, 2.24) is 0 Å². The van der Waals surface area contributed by atoms with Gasteiger partial charge in [-0.15, -0.1) is 0 Å². The van der Waals surface area contributed by atoms with Gasteiger partial charge in [0, 0.05) is 0 Å². The molecule has 0 spiro atoms. The van der Waals surface area contributed by atoms with Crippen LogP contribution in [0.25, 0.3) is 6.08 Å². The molecule has 1 aromatic carbocycles. The Morgan fingerprint density at radius 1 is 1.39 bits per heavy atom. The molecule has 0 heterocycles. The predicted molar refractivity (Wildman–Crippen MR) is 64.0 cm³/mol. The lowest BCUT2D eigenvalue weighted by Gasteiger charge is -2.11.